The predicted octanol–water partition coefficient (Wildman–Crippen LogP) is 2.33. The number of nitrogens with one attached hydrogen (secondary N) is 2. The number of carbonyl (C=O) groups excluding carboxylic acids is 3. The van der Waals surface area contributed by atoms with E-state index in [-0.39, 0.29) is 10.8 Å². The van der Waals surface area contributed by atoms with E-state index < -0.39 is 40.3 Å². The molecule has 0 saturated carbocycles. The second-order valence-corrected chi connectivity index (χ2v) is 9.53. The monoisotopic (exact) mass is 446 g/mol. The van der Waals surface area contributed by atoms with E-state index in [1.807, 2.05) is 6.92 Å². The summed E-state index contributed by atoms with van der Waals surface area (Å²) in [6, 6.07) is 11.6. The summed E-state index contributed by atoms with van der Waals surface area (Å²) in [5.74, 6) is -1.98. The SMILES string of the molecule is Cc1ccc(C(=O)N[C@H](C(=O)OCC(=O)Nc2ccc(S(C)(=O)=O)cc2)C(C)C)cc1. The zero-order valence-corrected chi connectivity index (χ0v) is 18.7. The van der Waals surface area contributed by atoms with Gasteiger partial charge in [0.25, 0.3) is 11.8 Å². The molecule has 1 atom stereocenters. The number of hydrogen-bond donors (Lipinski definition) is 2. The lowest BCUT2D eigenvalue weighted by Crippen LogP contribution is -2.45. The van der Waals surface area contributed by atoms with Gasteiger partial charge >= 0.3 is 5.97 Å². The van der Waals surface area contributed by atoms with Gasteiger partial charge in [-0.1, -0.05) is 31.5 Å². The lowest BCUT2D eigenvalue weighted by Gasteiger charge is -2.21. The normalized spacial score (nSPS) is 12.2. The zero-order valence-electron chi connectivity index (χ0n) is 17.8. The summed E-state index contributed by atoms with van der Waals surface area (Å²) >= 11 is 0. The average Bonchev–Trinajstić information content (AvgIpc) is 2.70. The molecule has 0 aliphatic rings. The van der Waals surface area contributed by atoms with E-state index >= 15 is 0 Å². The number of amides is 2. The Kier molecular flexibility index (Phi) is 7.93. The summed E-state index contributed by atoms with van der Waals surface area (Å²) in [4.78, 5) is 37.0. The van der Waals surface area contributed by atoms with Crippen molar-refractivity contribution in [1.82, 2.24) is 5.32 Å². The second kappa shape index (κ2) is 10.2. The Morgan fingerprint density at radius 2 is 1.55 bits per heavy atom. The molecule has 2 rings (SSSR count). The molecule has 0 bridgehead atoms. The van der Waals surface area contributed by atoms with Crippen LogP contribution in [0.4, 0.5) is 5.69 Å². The molecule has 166 valence electrons. The van der Waals surface area contributed by atoms with Crippen LogP contribution in [-0.2, 0) is 24.2 Å². The van der Waals surface area contributed by atoms with Gasteiger partial charge in [-0.05, 0) is 49.2 Å². The summed E-state index contributed by atoms with van der Waals surface area (Å²) in [5.41, 5.74) is 1.79. The van der Waals surface area contributed by atoms with E-state index in [0.717, 1.165) is 11.8 Å². The van der Waals surface area contributed by atoms with Gasteiger partial charge in [0.05, 0.1) is 4.90 Å². The van der Waals surface area contributed by atoms with Gasteiger partial charge < -0.3 is 15.4 Å². The minimum absolute atomic E-state index is 0.126. The van der Waals surface area contributed by atoms with E-state index in [1.165, 1.54) is 24.3 Å². The highest BCUT2D eigenvalue weighted by Crippen LogP contribution is 2.14. The first-order valence-electron chi connectivity index (χ1n) is 9.61. The third kappa shape index (κ3) is 7.21. The van der Waals surface area contributed by atoms with Crippen molar-refractivity contribution < 1.29 is 27.5 Å². The number of sulfone groups is 1. The quantitative estimate of drug-likeness (QED) is 0.601. The van der Waals surface area contributed by atoms with Crippen LogP contribution in [0.5, 0.6) is 0 Å². The molecular weight excluding hydrogens is 420 g/mol. The molecule has 8 nitrogen and oxygen atoms in total. The van der Waals surface area contributed by atoms with Crippen molar-refractivity contribution in [2.45, 2.75) is 31.7 Å². The number of hydrogen-bond acceptors (Lipinski definition) is 6. The van der Waals surface area contributed by atoms with Gasteiger partial charge in [-0.15, -0.1) is 0 Å². The molecule has 2 N–H and O–H groups in total. The Hall–Kier alpha value is -3.20. The zero-order chi connectivity index (χ0) is 23.2. The fourth-order valence-corrected chi connectivity index (χ4v) is 3.27. The third-order valence-corrected chi connectivity index (χ3v) is 5.56. The lowest BCUT2D eigenvalue weighted by atomic mass is 10.0. The first kappa shape index (κ1) is 24.1. The van der Waals surface area contributed by atoms with Gasteiger partial charge in [-0.25, -0.2) is 13.2 Å². The second-order valence-electron chi connectivity index (χ2n) is 7.51. The van der Waals surface area contributed by atoms with Crippen molar-refractivity contribution in [3.63, 3.8) is 0 Å². The minimum atomic E-state index is -3.34. The highest BCUT2D eigenvalue weighted by atomic mass is 32.2. The summed E-state index contributed by atoms with van der Waals surface area (Å²) in [6.45, 7) is 4.87. The van der Waals surface area contributed by atoms with Gasteiger partial charge in [0.1, 0.15) is 6.04 Å². The summed E-state index contributed by atoms with van der Waals surface area (Å²) in [5, 5.41) is 5.16. The van der Waals surface area contributed by atoms with Crippen LogP contribution in [0.2, 0.25) is 0 Å². The molecule has 2 amide bonds. The van der Waals surface area contributed by atoms with Crippen molar-refractivity contribution in [3.8, 4) is 0 Å². The van der Waals surface area contributed by atoms with Gasteiger partial charge in [-0.3, -0.25) is 9.59 Å². The van der Waals surface area contributed by atoms with Crippen molar-refractivity contribution >= 4 is 33.3 Å². The first-order valence-corrected chi connectivity index (χ1v) is 11.5. The highest BCUT2D eigenvalue weighted by molar-refractivity contribution is 7.90. The molecule has 0 spiro atoms. The van der Waals surface area contributed by atoms with Crippen LogP contribution in [0.25, 0.3) is 0 Å². The topological polar surface area (TPSA) is 119 Å². The molecule has 0 unspecified atom stereocenters. The molecule has 0 aliphatic heterocycles. The average molecular weight is 447 g/mol. The maximum atomic E-state index is 12.4. The minimum Gasteiger partial charge on any atom is -0.454 e. The third-order valence-electron chi connectivity index (χ3n) is 4.43. The smallest absolute Gasteiger partial charge is 0.329 e. The van der Waals surface area contributed by atoms with Gasteiger partial charge in [0, 0.05) is 17.5 Å². The summed E-state index contributed by atoms with van der Waals surface area (Å²) in [6.07, 6.45) is 1.09. The highest BCUT2D eigenvalue weighted by Gasteiger charge is 2.26. The Morgan fingerprint density at radius 3 is 2.06 bits per heavy atom. The van der Waals surface area contributed by atoms with Crippen LogP contribution in [0.15, 0.2) is 53.4 Å². The summed E-state index contributed by atoms with van der Waals surface area (Å²) < 4.78 is 28.0. The first-order chi connectivity index (χ1) is 14.5. The Morgan fingerprint density at radius 1 is 0.968 bits per heavy atom. The van der Waals surface area contributed by atoms with Crippen molar-refractivity contribution in [2.75, 3.05) is 18.2 Å². The molecule has 2 aromatic carbocycles. The molecule has 0 fully saturated rings. The van der Waals surface area contributed by atoms with E-state index in [9.17, 15) is 22.8 Å². The van der Waals surface area contributed by atoms with Crippen LogP contribution in [0.1, 0.15) is 29.8 Å². The van der Waals surface area contributed by atoms with Crippen molar-refractivity contribution in [3.05, 3.63) is 59.7 Å². The molecule has 0 radical (unpaired) electrons. The standard InChI is InChI=1S/C22H26N2O6S/c1-14(2)20(24-21(26)16-7-5-15(3)6-8-16)22(27)30-13-19(25)23-17-9-11-18(12-10-17)31(4,28)29/h5-12,14,20H,13H2,1-4H3,(H,23,25)(H,24,26)/t20-/m0/s1. The number of ether oxygens (including phenoxy) is 1. The van der Waals surface area contributed by atoms with Crippen LogP contribution >= 0.6 is 0 Å². The van der Waals surface area contributed by atoms with Crippen LogP contribution in [0.3, 0.4) is 0 Å². The molecule has 0 aliphatic carbocycles. The molecular formula is C22H26N2O6S. The Bertz CT molecular complexity index is 1040. The molecule has 0 heterocycles. The fraction of sp³-hybridized carbons (Fsp3) is 0.318. The number of benzene rings is 2. The molecule has 2 aromatic rings. The number of anilines is 1. The molecule has 31 heavy (non-hydrogen) atoms. The fourth-order valence-electron chi connectivity index (χ4n) is 2.64. The Balaban J connectivity index is 1.92. The van der Waals surface area contributed by atoms with Crippen LogP contribution in [-0.4, -0.2) is 45.1 Å². The van der Waals surface area contributed by atoms with Gasteiger partial charge in [-0.2, -0.15) is 0 Å². The maximum absolute atomic E-state index is 12.4. The maximum Gasteiger partial charge on any atom is 0.329 e. The van der Waals surface area contributed by atoms with Crippen LogP contribution in [0, 0.1) is 12.8 Å². The van der Waals surface area contributed by atoms with E-state index in [4.69, 9.17) is 4.74 Å². The van der Waals surface area contributed by atoms with E-state index in [1.54, 1.807) is 38.1 Å². The number of esters is 1. The molecule has 0 aromatic heterocycles. The number of aryl methyl sites for hydroxylation is 1. The van der Waals surface area contributed by atoms with Crippen molar-refractivity contribution in [1.29, 1.82) is 0 Å². The van der Waals surface area contributed by atoms with Crippen LogP contribution < -0.4 is 10.6 Å². The predicted molar refractivity (Wildman–Crippen MR) is 116 cm³/mol. The van der Waals surface area contributed by atoms with E-state index in [2.05, 4.69) is 10.6 Å². The lowest BCUT2D eigenvalue weighted by molar-refractivity contribution is -0.150. The largest absolute Gasteiger partial charge is 0.454 e. The Labute approximate surface area is 181 Å². The van der Waals surface area contributed by atoms with Crippen molar-refractivity contribution in [2.24, 2.45) is 5.92 Å². The van der Waals surface area contributed by atoms with E-state index in [0.29, 0.717) is 11.3 Å². The van der Waals surface area contributed by atoms with Gasteiger partial charge in [0.2, 0.25) is 0 Å². The molecule has 0 saturated heterocycles. The number of rotatable bonds is 8. The molecule has 9 heteroatoms. The van der Waals surface area contributed by atoms with Gasteiger partial charge in [0.15, 0.2) is 16.4 Å². The summed E-state index contributed by atoms with van der Waals surface area (Å²) in [7, 11) is -3.34. The number of carbonyl (C=O) groups is 3.